The monoisotopic (exact) mass is 301 g/mol. The lowest BCUT2D eigenvalue weighted by Gasteiger charge is -2.27. The number of rotatable bonds is 1. The van der Waals surface area contributed by atoms with E-state index in [4.69, 9.17) is 5.73 Å². The van der Waals surface area contributed by atoms with E-state index in [1.165, 1.54) is 0 Å². The fourth-order valence-electron chi connectivity index (χ4n) is 3.28. The molecule has 2 atom stereocenters. The van der Waals surface area contributed by atoms with Crippen molar-refractivity contribution in [2.75, 3.05) is 30.8 Å². The summed E-state index contributed by atoms with van der Waals surface area (Å²) in [7, 11) is 2.08. The van der Waals surface area contributed by atoms with Crippen LogP contribution in [0.3, 0.4) is 0 Å². The maximum absolute atomic E-state index is 12.8. The lowest BCUT2D eigenvalue weighted by Crippen LogP contribution is -2.37. The average molecular weight is 301 g/mol. The van der Waals surface area contributed by atoms with Crippen LogP contribution in [0.15, 0.2) is 6.07 Å². The molecule has 21 heavy (non-hydrogen) atoms. The van der Waals surface area contributed by atoms with E-state index in [0.717, 1.165) is 25.3 Å². The minimum atomic E-state index is -4.51. The Bertz CT molecular complexity index is 533. The molecule has 0 amide bonds. The fourth-order valence-corrected chi connectivity index (χ4v) is 3.28. The van der Waals surface area contributed by atoms with Gasteiger partial charge in [-0.25, -0.2) is 4.98 Å². The Morgan fingerprint density at radius 1 is 1.19 bits per heavy atom. The quantitative estimate of drug-likeness (QED) is 0.856. The molecule has 0 radical (unpaired) electrons. The summed E-state index contributed by atoms with van der Waals surface area (Å²) < 4.78 is 38.5. The van der Waals surface area contributed by atoms with Gasteiger partial charge in [-0.2, -0.15) is 18.2 Å². The molecule has 2 fully saturated rings. The van der Waals surface area contributed by atoms with Gasteiger partial charge in [0.25, 0.3) is 0 Å². The number of likely N-dealkylation sites (N-methyl/N-ethyl adjacent to an activating group) is 1. The molecule has 1 aromatic heterocycles. The first-order valence-corrected chi connectivity index (χ1v) is 7.03. The summed E-state index contributed by atoms with van der Waals surface area (Å²) in [4.78, 5) is 11.5. The second-order valence-electron chi connectivity index (χ2n) is 5.75. The van der Waals surface area contributed by atoms with Gasteiger partial charge < -0.3 is 10.6 Å². The zero-order chi connectivity index (χ0) is 15.2. The van der Waals surface area contributed by atoms with Crippen LogP contribution in [0.25, 0.3) is 0 Å². The number of nitrogens with zero attached hydrogens (tertiary/aromatic N) is 4. The van der Waals surface area contributed by atoms with Gasteiger partial charge in [-0.1, -0.05) is 0 Å². The second-order valence-corrected chi connectivity index (χ2v) is 5.75. The van der Waals surface area contributed by atoms with E-state index < -0.39 is 11.9 Å². The van der Waals surface area contributed by atoms with Crippen LogP contribution in [-0.4, -0.2) is 47.1 Å². The SMILES string of the molecule is CN1C2CCC1CN(c1cc(C(F)(F)F)nc(N)n1)CC2. The standard InChI is InChI=1S/C13H18F3N5/c1-20-8-2-3-9(20)7-21(5-4-8)11-6-10(13(14,15)16)18-12(17)19-11/h6,8-9H,2-5,7H2,1H3,(H2,17,18,19). The summed E-state index contributed by atoms with van der Waals surface area (Å²) in [6.45, 7) is 1.38. The van der Waals surface area contributed by atoms with Crippen LogP contribution in [0.4, 0.5) is 24.9 Å². The van der Waals surface area contributed by atoms with Crippen molar-refractivity contribution in [3.63, 3.8) is 0 Å². The van der Waals surface area contributed by atoms with E-state index in [-0.39, 0.29) is 11.8 Å². The van der Waals surface area contributed by atoms with Crippen LogP contribution in [-0.2, 0) is 6.18 Å². The molecule has 2 aliphatic heterocycles. The maximum atomic E-state index is 12.8. The molecule has 3 rings (SSSR count). The normalized spacial score (nSPS) is 27.0. The van der Waals surface area contributed by atoms with Crippen molar-refractivity contribution >= 4 is 11.8 Å². The van der Waals surface area contributed by atoms with E-state index in [1.54, 1.807) is 0 Å². The predicted octanol–water partition coefficient (Wildman–Crippen LogP) is 1.75. The molecule has 2 unspecified atom stereocenters. The Kier molecular flexibility index (Phi) is 3.43. The third kappa shape index (κ3) is 2.76. The first-order chi connectivity index (χ1) is 9.84. The Morgan fingerprint density at radius 2 is 1.90 bits per heavy atom. The summed E-state index contributed by atoms with van der Waals surface area (Å²) in [6.07, 6.45) is -1.34. The molecular formula is C13H18F3N5. The molecule has 1 aromatic rings. The molecule has 0 aromatic carbocycles. The summed E-state index contributed by atoms with van der Waals surface area (Å²) in [5, 5.41) is 0. The Hall–Kier alpha value is -1.57. The highest BCUT2D eigenvalue weighted by molar-refractivity contribution is 5.44. The molecule has 2 N–H and O–H groups in total. The number of hydrogen-bond donors (Lipinski definition) is 1. The first-order valence-electron chi connectivity index (χ1n) is 7.03. The molecule has 8 heteroatoms. The van der Waals surface area contributed by atoms with Crippen LogP contribution < -0.4 is 10.6 Å². The van der Waals surface area contributed by atoms with Gasteiger partial charge in [0.2, 0.25) is 5.95 Å². The highest BCUT2D eigenvalue weighted by atomic mass is 19.4. The molecular weight excluding hydrogens is 283 g/mol. The van der Waals surface area contributed by atoms with E-state index in [2.05, 4.69) is 21.9 Å². The summed E-state index contributed by atoms with van der Waals surface area (Å²) >= 11 is 0. The smallest absolute Gasteiger partial charge is 0.368 e. The van der Waals surface area contributed by atoms with Crippen LogP contribution in [0.5, 0.6) is 0 Å². The van der Waals surface area contributed by atoms with Gasteiger partial charge in [0.05, 0.1) is 0 Å². The Balaban J connectivity index is 1.88. The van der Waals surface area contributed by atoms with Crippen molar-refractivity contribution in [2.24, 2.45) is 0 Å². The fraction of sp³-hybridized carbons (Fsp3) is 0.692. The van der Waals surface area contributed by atoms with Crippen molar-refractivity contribution in [3.8, 4) is 0 Å². The number of fused-ring (bicyclic) bond motifs is 2. The van der Waals surface area contributed by atoms with E-state index >= 15 is 0 Å². The zero-order valence-corrected chi connectivity index (χ0v) is 11.8. The van der Waals surface area contributed by atoms with Gasteiger partial charge in [0, 0.05) is 31.2 Å². The highest BCUT2D eigenvalue weighted by Gasteiger charge is 2.37. The second kappa shape index (κ2) is 5.01. The van der Waals surface area contributed by atoms with Crippen LogP contribution in [0, 0.1) is 0 Å². The van der Waals surface area contributed by atoms with Crippen molar-refractivity contribution in [1.82, 2.24) is 14.9 Å². The van der Waals surface area contributed by atoms with E-state index in [1.807, 2.05) is 4.90 Å². The molecule has 5 nitrogen and oxygen atoms in total. The minimum absolute atomic E-state index is 0.274. The Morgan fingerprint density at radius 3 is 2.62 bits per heavy atom. The van der Waals surface area contributed by atoms with Crippen LogP contribution >= 0.6 is 0 Å². The molecule has 0 spiro atoms. The minimum Gasteiger partial charge on any atom is -0.368 e. The third-order valence-corrected chi connectivity index (χ3v) is 4.49. The van der Waals surface area contributed by atoms with Gasteiger partial charge in [0.1, 0.15) is 5.82 Å². The van der Waals surface area contributed by atoms with Crippen molar-refractivity contribution in [1.29, 1.82) is 0 Å². The molecule has 0 aliphatic carbocycles. The van der Waals surface area contributed by atoms with E-state index in [0.29, 0.717) is 25.2 Å². The predicted molar refractivity (Wildman–Crippen MR) is 72.8 cm³/mol. The van der Waals surface area contributed by atoms with Gasteiger partial charge in [-0.3, -0.25) is 4.90 Å². The molecule has 2 aliphatic rings. The molecule has 2 bridgehead atoms. The zero-order valence-electron chi connectivity index (χ0n) is 11.8. The number of halogens is 3. The number of alkyl halides is 3. The van der Waals surface area contributed by atoms with Crippen LogP contribution in [0.1, 0.15) is 25.0 Å². The first kappa shape index (κ1) is 14.4. The van der Waals surface area contributed by atoms with Crippen LogP contribution in [0.2, 0.25) is 0 Å². The van der Waals surface area contributed by atoms with Gasteiger partial charge in [-0.15, -0.1) is 0 Å². The third-order valence-electron chi connectivity index (χ3n) is 4.49. The van der Waals surface area contributed by atoms with Gasteiger partial charge >= 0.3 is 6.18 Å². The van der Waals surface area contributed by atoms with Crippen molar-refractivity contribution < 1.29 is 13.2 Å². The van der Waals surface area contributed by atoms with Gasteiger partial charge in [-0.05, 0) is 26.3 Å². The average Bonchev–Trinajstić information content (AvgIpc) is 2.61. The van der Waals surface area contributed by atoms with Crippen molar-refractivity contribution in [2.45, 2.75) is 37.5 Å². The largest absolute Gasteiger partial charge is 0.433 e. The molecule has 3 heterocycles. The number of anilines is 2. The number of aromatic nitrogens is 2. The van der Waals surface area contributed by atoms with Gasteiger partial charge in [0.15, 0.2) is 5.69 Å². The summed E-state index contributed by atoms with van der Waals surface area (Å²) in [6, 6.07) is 1.87. The number of hydrogen-bond acceptors (Lipinski definition) is 5. The topological polar surface area (TPSA) is 58.3 Å². The number of nitrogen functional groups attached to an aromatic ring is 1. The van der Waals surface area contributed by atoms with Crippen molar-refractivity contribution in [3.05, 3.63) is 11.8 Å². The lowest BCUT2D eigenvalue weighted by atomic mass is 10.1. The molecule has 116 valence electrons. The van der Waals surface area contributed by atoms with E-state index in [9.17, 15) is 13.2 Å². The summed E-state index contributed by atoms with van der Waals surface area (Å²) in [5.41, 5.74) is 4.47. The Labute approximate surface area is 120 Å². The maximum Gasteiger partial charge on any atom is 0.433 e. The summed E-state index contributed by atoms with van der Waals surface area (Å²) in [5.74, 6) is -0.0571. The molecule has 2 saturated heterocycles. The number of nitrogens with two attached hydrogens (primary N) is 1. The highest BCUT2D eigenvalue weighted by Crippen LogP contribution is 2.33. The molecule has 0 saturated carbocycles. The lowest BCUT2D eigenvalue weighted by molar-refractivity contribution is -0.141.